The zero-order chi connectivity index (χ0) is 20.6. The van der Waals surface area contributed by atoms with Gasteiger partial charge in [0.2, 0.25) is 0 Å². The second-order valence-electron chi connectivity index (χ2n) is 6.90. The fourth-order valence-corrected chi connectivity index (χ4v) is 2.87. The molecule has 0 heterocycles. The van der Waals surface area contributed by atoms with Gasteiger partial charge in [-0.05, 0) is 56.3 Å². The highest BCUT2D eigenvalue weighted by atomic mass is 35.5. The number of carbonyl (C=O) groups is 1. The largest absolute Gasteiger partial charge is 0.491 e. The zero-order valence-electron chi connectivity index (χ0n) is 16.5. The maximum Gasteiger partial charge on any atom is 0.251 e. The minimum absolute atomic E-state index is 0.125. The van der Waals surface area contributed by atoms with Crippen LogP contribution in [-0.2, 0) is 6.61 Å². The zero-order valence-corrected chi connectivity index (χ0v) is 17.3. The van der Waals surface area contributed by atoms with Crippen LogP contribution < -0.4 is 14.8 Å². The first-order chi connectivity index (χ1) is 14.0. The van der Waals surface area contributed by atoms with Crippen molar-refractivity contribution in [2.45, 2.75) is 26.5 Å². The predicted octanol–water partition coefficient (Wildman–Crippen LogP) is 5.42. The molecule has 0 saturated heterocycles. The monoisotopic (exact) mass is 409 g/mol. The van der Waals surface area contributed by atoms with Gasteiger partial charge in [-0.3, -0.25) is 4.79 Å². The maximum absolute atomic E-state index is 12.4. The van der Waals surface area contributed by atoms with Gasteiger partial charge < -0.3 is 14.8 Å². The number of ether oxygens (including phenoxy) is 2. The van der Waals surface area contributed by atoms with Gasteiger partial charge in [0.05, 0.1) is 6.04 Å². The first-order valence-corrected chi connectivity index (χ1v) is 9.85. The van der Waals surface area contributed by atoms with Crippen molar-refractivity contribution in [1.82, 2.24) is 5.32 Å². The van der Waals surface area contributed by atoms with Crippen molar-refractivity contribution in [2.24, 2.45) is 0 Å². The van der Waals surface area contributed by atoms with E-state index in [0.29, 0.717) is 29.5 Å². The van der Waals surface area contributed by atoms with Gasteiger partial charge in [0.1, 0.15) is 24.7 Å². The summed E-state index contributed by atoms with van der Waals surface area (Å²) in [7, 11) is 0. The molecule has 3 rings (SSSR count). The first-order valence-electron chi connectivity index (χ1n) is 9.48. The van der Waals surface area contributed by atoms with Gasteiger partial charge in [0.15, 0.2) is 0 Å². The Labute approximate surface area is 176 Å². The summed E-state index contributed by atoms with van der Waals surface area (Å²) in [6.07, 6.45) is 0. The Kier molecular flexibility index (Phi) is 7.14. The van der Waals surface area contributed by atoms with Crippen LogP contribution in [0.1, 0.15) is 28.4 Å². The second kappa shape index (κ2) is 9.99. The SMILES string of the molecule is Cc1ccc(OCC(C)NC(=O)c2ccc(OCc3ccccc3Cl)cc2)cc1. The molecule has 29 heavy (non-hydrogen) atoms. The number of halogens is 1. The second-order valence-corrected chi connectivity index (χ2v) is 7.31. The minimum Gasteiger partial charge on any atom is -0.491 e. The molecule has 3 aromatic carbocycles. The molecule has 0 aliphatic rings. The van der Waals surface area contributed by atoms with Crippen molar-refractivity contribution in [2.75, 3.05) is 6.61 Å². The normalized spacial score (nSPS) is 11.6. The smallest absolute Gasteiger partial charge is 0.251 e. The Balaban J connectivity index is 1.47. The van der Waals surface area contributed by atoms with Crippen LogP contribution in [0.4, 0.5) is 0 Å². The van der Waals surface area contributed by atoms with E-state index in [4.69, 9.17) is 21.1 Å². The molecule has 1 atom stereocenters. The summed E-state index contributed by atoms with van der Waals surface area (Å²) in [5.74, 6) is 1.32. The van der Waals surface area contributed by atoms with E-state index in [2.05, 4.69) is 5.32 Å². The van der Waals surface area contributed by atoms with Crippen LogP contribution in [0.5, 0.6) is 11.5 Å². The molecule has 1 N–H and O–H groups in total. The third-order valence-electron chi connectivity index (χ3n) is 4.37. The number of hydrogen-bond acceptors (Lipinski definition) is 3. The molecule has 0 saturated carbocycles. The van der Waals surface area contributed by atoms with Crippen LogP contribution in [0.3, 0.4) is 0 Å². The summed E-state index contributed by atoms with van der Waals surface area (Å²) in [4.78, 5) is 12.4. The molecule has 0 spiro atoms. The van der Waals surface area contributed by atoms with Gasteiger partial charge in [-0.15, -0.1) is 0 Å². The number of hydrogen-bond donors (Lipinski definition) is 1. The number of nitrogens with one attached hydrogen (secondary N) is 1. The van der Waals surface area contributed by atoms with Gasteiger partial charge in [-0.25, -0.2) is 0 Å². The summed E-state index contributed by atoms with van der Waals surface area (Å²) in [5, 5.41) is 3.61. The van der Waals surface area contributed by atoms with E-state index in [1.54, 1.807) is 24.3 Å². The summed E-state index contributed by atoms with van der Waals surface area (Å²) in [5.41, 5.74) is 2.66. The van der Waals surface area contributed by atoms with E-state index < -0.39 is 0 Å². The maximum atomic E-state index is 12.4. The van der Waals surface area contributed by atoms with Crippen LogP contribution in [0.15, 0.2) is 72.8 Å². The Morgan fingerprint density at radius 2 is 1.55 bits per heavy atom. The van der Waals surface area contributed by atoms with Gasteiger partial charge in [0, 0.05) is 16.1 Å². The molecular formula is C24H24ClNO3. The van der Waals surface area contributed by atoms with Crippen molar-refractivity contribution in [3.63, 3.8) is 0 Å². The third kappa shape index (κ3) is 6.26. The van der Waals surface area contributed by atoms with Gasteiger partial charge in [-0.1, -0.05) is 47.5 Å². The molecule has 3 aromatic rings. The van der Waals surface area contributed by atoms with Gasteiger partial charge in [-0.2, -0.15) is 0 Å². The summed E-state index contributed by atoms with van der Waals surface area (Å²) in [6.45, 7) is 4.71. The molecular weight excluding hydrogens is 386 g/mol. The minimum atomic E-state index is -0.150. The number of rotatable bonds is 8. The molecule has 0 radical (unpaired) electrons. The van der Waals surface area contributed by atoms with E-state index in [0.717, 1.165) is 11.3 Å². The Morgan fingerprint density at radius 3 is 2.24 bits per heavy atom. The predicted molar refractivity (Wildman–Crippen MR) is 116 cm³/mol. The highest BCUT2D eigenvalue weighted by Crippen LogP contribution is 2.19. The summed E-state index contributed by atoms with van der Waals surface area (Å²) >= 11 is 6.13. The summed E-state index contributed by atoms with van der Waals surface area (Å²) in [6, 6.07) is 22.3. The molecule has 0 aromatic heterocycles. The van der Waals surface area contributed by atoms with E-state index in [1.165, 1.54) is 5.56 Å². The number of carbonyl (C=O) groups excluding carboxylic acids is 1. The number of aryl methyl sites for hydroxylation is 1. The van der Waals surface area contributed by atoms with Crippen molar-refractivity contribution in [3.05, 3.63) is 94.5 Å². The standard InChI is InChI=1S/C24H24ClNO3/c1-17-7-11-21(12-8-17)28-15-18(2)26-24(27)19-9-13-22(14-10-19)29-16-20-5-3-4-6-23(20)25/h3-14,18H,15-16H2,1-2H3,(H,26,27). The van der Waals surface area contributed by atoms with Crippen molar-refractivity contribution >= 4 is 17.5 Å². The molecule has 0 fully saturated rings. The molecule has 0 aliphatic heterocycles. The lowest BCUT2D eigenvalue weighted by atomic mass is 10.2. The van der Waals surface area contributed by atoms with E-state index in [-0.39, 0.29) is 11.9 Å². The van der Waals surface area contributed by atoms with Crippen LogP contribution in [0, 0.1) is 6.92 Å². The fourth-order valence-electron chi connectivity index (χ4n) is 2.68. The third-order valence-corrected chi connectivity index (χ3v) is 4.74. The quantitative estimate of drug-likeness (QED) is 0.540. The molecule has 0 aliphatic carbocycles. The van der Waals surface area contributed by atoms with E-state index in [1.807, 2.05) is 62.4 Å². The highest BCUT2D eigenvalue weighted by molar-refractivity contribution is 6.31. The van der Waals surface area contributed by atoms with Crippen LogP contribution >= 0.6 is 11.6 Å². The molecule has 1 amide bonds. The van der Waals surface area contributed by atoms with Crippen LogP contribution in [-0.4, -0.2) is 18.6 Å². The lowest BCUT2D eigenvalue weighted by Crippen LogP contribution is -2.36. The van der Waals surface area contributed by atoms with Crippen molar-refractivity contribution in [1.29, 1.82) is 0 Å². The number of amides is 1. The van der Waals surface area contributed by atoms with E-state index in [9.17, 15) is 4.79 Å². The lowest BCUT2D eigenvalue weighted by Gasteiger charge is -2.15. The topological polar surface area (TPSA) is 47.6 Å². The van der Waals surface area contributed by atoms with Crippen LogP contribution in [0.2, 0.25) is 5.02 Å². The molecule has 0 bridgehead atoms. The molecule has 5 heteroatoms. The van der Waals surface area contributed by atoms with Gasteiger partial charge >= 0.3 is 0 Å². The fraction of sp³-hybridized carbons (Fsp3) is 0.208. The van der Waals surface area contributed by atoms with Crippen molar-refractivity contribution in [3.8, 4) is 11.5 Å². The van der Waals surface area contributed by atoms with Crippen molar-refractivity contribution < 1.29 is 14.3 Å². The Morgan fingerprint density at radius 1 is 0.931 bits per heavy atom. The molecule has 1 unspecified atom stereocenters. The Bertz CT molecular complexity index is 939. The number of benzene rings is 3. The molecule has 4 nitrogen and oxygen atoms in total. The first kappa shape index (κ1) is 20.7. The Hall–Kier alpha value is -2.98. The average Bonchev–Trinajstić information content (AvgIpc) is 2.73. The van der Waals surface area contributed by atoms with Crippen LogP contribution in [0.25, 0.3) is 0 Å². The average molecular weight is 410 g/mol. The van der Waals surface area contributed by atoms with E-state index >= 15 is 0 Å². The van der Waals surface area contributed by atoms with Gasteiger partial charge in [0.25, 0.3) is 5.91 Å². The molecule has 150 valence electrons. The summed E-state index contributed by atoms with van der Waals surface area (Å²) < 4.78 is 11.5. The lowest BCUT2D eigenvalue weighted by molar-refractivity contribution is 0.0926. The highest BCUT2D eigenvalue weighted by Gasteiger charge is 2.11.